The van der Waals surface area contributed by atoms with Gasteiger partial charge in [-0.1, -0.05) is 48.5 Å². The van der Waals surface area contributed by atoms with Crippen LogP contribution in [0.4, 0.5) is 0 Å². The first kappa shape index (κ1) is 22.2. The molecule has 0 aliphatic carbocycles. The maximum atomic E-state index is 13.6. The fourth-order valence-corrected chi connectivity index (χ4v) is 12.7. The van der Waals surface area contributed by atoms with E-state index in [9.17, 15) is 4.79 Å². The zero-order valence-corrected chi connectivity index (χ0v) is 20.5. The number of Topliss-reactive ketones (excluding diaryl/α,β-unsaturated/α-hetero) is 1. The number of nitrogens with one attached hydrogen (secondary N) is 1. The minimum Gasteiger partial charge on any atom is -0.359 e. The van der Waals surface area contributed by atoms with E-state index in [-0.39, 0.29) is 5.92 Å². The number of rotatable bonds is 6. The molecule has 0 amide bonds. The van der Waals surface area contributed by atoms with Gasteiger partial charge in [0.2, 0.25) is 0 Å². The number of aryl methyl sites for hydroxylation is 1. The quantitative estimate of drug-likeness (QED) is 0.481. The maximum absolute atomic E-state index is 13.6. The monoisotopic (exact) mass is 413 g/mol. The van der Waals surface area contributed by atoms with Gasteiger partial charge in [-0.25, -0.2) is 4.98 Å². The van der Waals surface area contributed by atoms with Gasteiger partial charge in [0.15, 0.2) is 14.0 Å². The molecule has 3 heterocycles. The summed E-state index contributed by atoms with van der Waals surface area (Å²) in [5, 5.41) is 4.47. The van der Waals surface area contributed by atoms with Crippen LogP contribution in [-0.4, -0.2) is 36.3 Å². The highest BCUT2D eigenvalue weighted by molar-refractivity contribution is 6.82. The van der Waals surface area contributed by atoms with Gasteiger partial charge in [0.05, 0.1) is 0 Å². The average Bonchev–Trinajstić information content (AvgIpc) is 3.05. The van der Waals surface area contributed by atoms with E-state index in [1.807, 2.05) is 13.1 Å². The largest absolute Gasteiger partial charge is 0.359 e. The van der Waals surface area contributed by atoms with E-state index in [0.717, 1.165) is 41.7 Å². The molecule has 29 heavy (non-hydrogen) atoms. The molecule has 1 fully saturated rings. The molecule has 0 saturated carbocycles. The first-order valence-corrected chi connectivity index (χ1v) is 13.5. The summed E-state index contributed by atoms with van der Waals surface area (Å²) in [7, 11) is -1.91. The van der Waals surface area contributed by atoms with Crippen molar-refractivity contribution in [3.8, 4) is 0 Å². The summed E-state index contributed by atoms with van der Waals surface area (Å²) in [4.78, 5) is 18.5. The summed E-state index contributed by atoms with van der Waals surface area (Å²) in [6, 6.07) is 2.17. The highest BCUT2D eigenvalue weighted by Gasteiger charge is 2.46. The number of piperidine rings is 1. The lowest BCUT2D eigenvalue weighted by Gasteiger charge is -2.44. The Balaban J connectivity index is 2.20. The molecule has 0 radical (unpaired) electrons. The minimum atomic E-state index is -1.91. The molecule has 1 aliphatic heterocycles. The zero-order chi connectivity index (χ0) is 21.5. The number of hydrogen-bond donors (Lipinski definition) is 1. The van der Waals surface area contributed by atoms with E-state index < -0.39 is 8.24 Å². The van der Waals surface area contributed by atoms with Crippen LogP contribution >= 0.6 is 0 Å². The third kappa shape index (κ3) is 3.50. The summed E-state index contributed by atoms with van der Waals surface area (Å²) in [5.41, 5.74) is 4.67. The molecule has 3 rings (SSSR count). The van der Waals surface area contributed by atoms with Crippen LogP contribution in [0.5, 0.6) is 0 Å². The highest BCUT2D eigenvalue weighted by Crippen LogP contribution is 2.44. The Kier molecular flexibility index (Phi) is 6.40. The number of hydrogen-bond acceptors (Lipinski definition) is 3. The van der Waals surface area contributed by atoms with E-state index >= 15 is 0 Å². The molecule has 1 N–H and O–H groups in total. The van der Waals surface area contributed by atoms with Crippen molar-refractivity contribution < 1.29 is 4.79 Å². The van der Waals surface area contributed by atoms with Crippen molar-refractivity contribution in [2.75, 3.05) is 13.1 Å². The van der Waals surface area contributed by atoms with E-state index in [1.165, 1.54) is 0 Å². The topological polar surface area (TPSA) is 46.9 Å². The molecule has 2 aromatic rings. The second-order valence-corrected chi connectivity index (χ2v) is 15.8. The van der Waals surface area contributed by atoms with Crippen molar-refractivity contribution in [3.63, 3.8) is 0 Å². The first-order chi connectivity index (χ1) is 13.6. The summed E-state index contributed by atoms with van der Waals surface area (Å²) in [6.45, 7) is 20.3. The van der Waals surface area contributed by atoms with Crippen LogP contribution in [0, 0.1) is 18.8 Å². The van der Waals surface area contributed by atoms with Crippen LogP contribution in [0.15, 0.2) is 18.5 Å². The van der Waals surface area contributed by atoms with Crippen molar-refractivity contribution in [2.45, 2.75) is 78.4 Å². The molecular weight excluding hydrogens is 374 g/mol. The van der Waals surface area contributed by atoms with Gasteiger partial charge in [-0.3, -0.25) is 4.79 Å². The smallest absolute Gasteiger partial charge is 0.171 e. The lowest BCUT2D eigenvalue weighted by molar-refractivity contribution is 0.0854. The fraction of sp³-hybridized carbons (Fsp3) is 0.667. The summed E-state index contributed by atoms with van der Waals surface area (Å²) in [6.07, 6.45) is 5.23. The van der Waals surface area contributed by atoms with Crippen LogP contribution in [-0.2, 0) is 0 Å². The van der Waals surface area contributed by atoms with Crippen LogP contribution in [0.2, 0.25) is 16.6 Å². The van der Waals surface area contributed by atoms with Gasteiger partial charge >= 0.3 is 0 Å². The Morgan fingerprint density at radius 2 is 1.79 bits per heavy atom. The minimum absolute atomic E-state index is 0.0544. The van der Waals surface area contributed by atoms with Gasteiger partial charge in [0, 0.05) is 29.6 Å². The third-order valence-electron chi connectivity index (χ3n) is 7.51. The van der Waals surface area contributed by atoms with Crippen molar-refractivity contribution in [1.29, 1.82) is 0 Å². The van der Waals surface area contributed by atoms with Gasteiger partial charge in [-0.05, 0) is 60.3 Å². The van der Waals surface area contributed by atoms with Crippen LogP contribution in [0.3, 0.4) is 0 Å². The van der Waals surface area contributed by atoms with Gasteiger partial charge in [0.1, 0.15) is 5.65 Å². The molecule has 0 aromatic carbocycles. The molecular formula is C24H39N3OSi. The number of ketones is 1. The second-order valence-electron chi connectivity index (χ2n) is 10.0. The predicted octanol–water partition coefficient (Wildman–Crippen LogP) is 5.80. The number of nitrogens with zero attached hydrogens (tertiary/aromatic N) is 2. The Bertz CT molecular complexity index is 862. The average molecular weight is 414 g/mol. The number of carbonyl (C=O) groups excluding carboxylic acids is 1. The molecule has 4 nitrogen and oxygen atoms in total. The van der Waals surface area contributed by atoms with Gasteiger partial charge in [-0.2, -0.15) is 0 Å². The van der Waals surface area contributed by atoms with E-state index in [0.29, 0.717) is 28.3 Å². The fourth-order valence-electron chi connectivity index (χ4n) is 6.19. The molecule has 5 heteroatoms. The van der Waals surface area contributed by atoms with Gasteiger partial charge in [0.25, 0.3) is 0 Å². The third-order valence-corrected chi connectivity index (χ3v) is 14.3. The maximum Gasteiger partial charge on any atom is 0.171 e. The molecule has 0 spiro atoms. The molecule has 1 unspecified atom stereocenters. The Morgan fingerprint density at radius 3 is 2.34 bits per heavy atom. The SMILES string of the molecule is Cc1cnc2c(ccn2[Si](C(C)C)(C(C)C)C(C)C)c1C(=O)C1CNCC[C@@H]1C. The van der Waals surface area contributed by atoms with Crippen LogP contribution in [0.25, 0.3) is 11.0 Å². The van der Waals surface area contributed by atoms with Crippen molar-refractivity contribution in [1.82, 2.24) is 14.5 Å². The number of carbonyl (C=O) groups is 1. The van der Waals surface area contributed by atoms with E-state index in [2.05, 4.69) is 70.3 Å². The molecule has 2 aromatic heterocycles. The number of pyridine rings is 1. The van der Waals surface area contributed by atoms with E-state index in [4.69, 9.17) is 4.98 Å². The molecule has 1 saturated heterocycles. The predicted molar refractivity (Wildman–Crippen MR) is 125 cm³/mol. The van der Waals surface area contributed by atoms with E-state index in [1.54, 1.807) is 0 Å². The van der Waals surface area contributed by atoms with Crippen molar-refractivity contribution >= 4 is 25.1 Å². The number of fused-ring (bicyclic) bond motifs is 1. The van der Waals surface area contributed by atoms with Crippen LogP contribution in [0.1, 0.15) is 70.8 Å². The Hall–Kier alpha value is -1.46. The van der Waals surface area contributed by atoms with Crippen molar-refractivity contribution in [3.05, 3.63) is 29.6 Å². The Labute approximate surface area is 177 Å². The summed E-state index contributed by atoms with van der Waals surface area (Å²) >= 11 is 0. The molecule has 0 bridgehead atoms. The standard InChI is InChI=1S/C24H39N3OSi/c1-15(2)29(16(3)4,17(5)6)27-12-10-20-22(19(8)13-26-24(20)27)23(28)21-14-25-11-9-18(21)7/h10,12-13,15-18,21,25H,9,11,14H2,1-8H3/t18-,21?/m0/s1. The second kappa shape index (κ2) is 8.35. The van der Waals surface area contributed by atoms with Crippen molar-refractivity contribution in [2.24, 2.45) is 11.8 Å². The molecule has 2 atom stereocenters. The number of aromatic nitrogens is 2. The first-order valence-electron chi connectivity index (χ1n) is 11.4. The Morgan fingerprint density at radius 1 is 1.17 bits per heavy atom. The van der Waals surface area contributed by atoms with Gasteiger partial charge in [-0.15, -0.1) is 0 Å². The lowest BCUT2D eigenvalue weighted by atomic mass is 9.81. The van der Waals surface area contributed by atoms with Gasteiger partial charge < -0.3 is 9.55 Å². The lowest BCUT2D eigenvalue weighted by Crippen LogP contribution is -2.51. The molecule has 160 valence electrons. The normalized spacial score (nSPS) is 20.9. The zero-order valence-electron chi connectivity index (χ0n) is 19.5. The summed E-state index contributed by atoms with van der Waals surface area (Å²) < 4.78 is 2.51. The highest BCUT2D eigenvalue weighted by atomic mass is 28.3. The van der Waals surface area contributed by atoms with Crippen LogP contribution < -0.4 is 5.32 Å². The molecule has 1 aliphatic rings. The summed E-state index contributed by atoms with van der Waals surface area (Å²) in [5.74, 6) is 0.765.